The molecule has 98 valence electrons. The summed E-state index contributed by atoms with van der Waals surface area (Å²) >= 11 is 0. The molecule has 0 aromatic carbocycles. The van der Waals surface area contributed by atoms with Crippen LogP contribution in [0.2, 0.25) is 0 Å². The minimum atomic E-state index is -0.677. The molecule has 0 spiro atoms. The molecule has 2 rings (SSSR count). The summed E-state index contributed by atoms with van der Waals surface area (Å²) in [6.45, 7) is 7.05. The Bertz CT molecular complexity index is 501. The van der Waals surface area contributed by atoms with Gasteiger partial charge in [-0.3, -0.25) is 4.68 Å². The summed E-state index contributed by atoms with van der Waals surface area (Å²) in [5.41, 5.74) is 1.63. The zero-order valence-electron chi connectivity index (χ0n) is 11.1. The SMILES string of the molecule is CCCn1nccc1C(O)c1cncn1C(C)C. The van der Waals surface area contributed by atoms with Crippen molar-refractivity contribution >= 4 is 0 Å². The van der Waals surface area contributed by atoms with E-state index in [-0.39, 0.29) is 6.04 Å². The third-order valence-corrected chi connectivity index (χ3v) is 3.00. The van der Waals surface area contributed by atoms with Gasteiger partial charge in [-0.25, -0.2) is 4.98 Å². The number of hydrogen-bond donors (Lipinski definition) is 1. The Labute approximate surface area is 107 Å². The highest BCUT2D eigenvalue weighted by Gasteiger charge is 2.19. The smallest absolute Gasteiger partial charge is 0.137 e. The second kappa shape index (κ2) is 5.35. The highest BCUT2D eigenvalue weighted by molar-refractivity contribution is 5.18. The Morgan fingerprint density at radius 3 is 2.78 bits per heavy atom. The number of nitrogens with zero attached hydrogens (tertiary/aromatic N) is 4. The third kappa shape index (κ3) is 2.31. The fourth-order valence-corrected chi connectivity index (χ4v) is 2.08. The van der Waals surface area contributed by atoms with Crippen LogP contribution in [0.5, 0.6) is 0 Å². The van der Waals surface area contributed by atoms with Crippen LogP contribution < -0.4 is 0 Å². The number of aliphatic hydroxyl groups is 1. The molecule has 18 heavy (non-hydrogen) atoms. The van der Waals surface area contributed by atoms with Crippen molar-refractivity contribution in [2.45, 2.75) is 45.9 Å². The second-order valence-corrected chi connectivity index (χ2v) is 4.70. The first-order valence-corrected chi connectivity index (χ1v) is 6.36. The molecule has 0 amide bonds. The van der Waals surface area contributed by atoms with Crippen molar-refractivity contribution in [1.29, 1.82) is 0 Å². The van der Waals surface area contributed by atoms with Crippen LogP contribution >= 0.6 is 0 Å². The van der Waals surface area contributed by atoms with E-state index >= 15 is 0 Å². The van der Waals surface area contributed by atoms with E-state index in [1.165, 1.54) is 0 Å². The number of aryl methyl sites for hydroxylation is 1. The van der Waals surface area contributed by atoms with Gasteiger partial charge in [-0.05, 0) is 26.3 Å². The van der Waals surface area contributed by atoms with E-state index in [1.807, 2.05) is 15.3 Å². The molecule has 2 heterocycles. The van der Waals surface area contributed by atoms with Gasteiger partial charge in [-0.2, -0.15) is 5.10 Å². The van der Waals surface area contributed by atoms with Crippen molar-refractivity contribution in [2.24, 2.45) is 0 Å². The molecule has 0 radical (unpaired) electrons. The molecule has 2 aromatic rings. The van der Waals surface area contributed by atoms with Crippen LogP contribution in [0.15, 0.2) is 24.8 Å². The van der Waals surface area contributed by atoms with Crippen LogP contribution in [0.25, 0.3) is 0 Å². The zero-order chi connectivity index (χ0) is 13.1. The van der Waals surface area contributed by atoms with Gasteiger partial charge in [0.05, 0.1) is 23.9 Å². The Hall–Kier alpha value is -1.62. The minimum absolute atomic E-state index is 0.277. The second-order valence-electron chi connectivity index (χ2n) is 4.70. The number of imidazole rings is 1. The van der Waals surface area contributed by atoms with Crippen molar-refractivity contribution in [3.05, 3.63) is 36.2 Å². The normalized spacial score (nSPS) is 13.2. The average Bonchev–Trinajstić information content (AvgIpc) is 2.96. The lowest BCUT2D eigenvalue weighted by Gasteiger charge is -2.17. The van der Waals surface area contributed by atoms with Crippen LogP contribution in [-0.2, 0) is 6.54 Å². The summed E-state index contributed by atoms with van der Waals surface area (Å²) in [5.74, 6) is 0. The predicted molar refractivity (Wildman–Crippen MR) is 69.2 cm³/mol. The van der Waals surface area contributed by atoms with Gasteiger partial charge in [0, 0.05) is 18.8 Å². The van der Waals surface area contributed by atoms with Crippen molar-refractivity contribution in [3.8, 4) is 0 Å². The summed E-state index contributed by atoms with van der Waals surface area (Å²) in [4.78, 5) is 4.12. The Morgan fingerprint density at radius 2 is 2.11 bits per heavy atom. The summed E-state index contributed by atoms with van der Waals surface area (Å²) in [6, 6.07) is 2.14. The van der Waals surface area contributed by atoms with Crippen LogP contribution in [-0.4, -0.2) is 24.4 Å². The number of hydrogen-bond acceptors (Lipinski definition) is 3. The maximum absolute atomic E-state index is 10.5. The molecule has 0 aliphatic heterocycles. The van der Waals surface area contributed by atoms with Gasteiger partial charge < -0.3 is 9.67 Å². The first-order chi connectivity index (χ1) is 8.65. The van der Waals surface area contributed by atoms with E-state index in [1.54, 1.807) is 18.7 Å². The van der Waals surface area contributed by atoms with Gasteiger partial charge in [0.15, 0.2) is 0 Å². The maximum atomic E-state index is 10.5. The van der Waals surface area contributed by atoms with Gasteiger partial charge in [0.2, 0.25) is 0 Å². The molecule has 2 aromatic heterocycles. The van der Waals surface area contributed by atoms with Gasteiger partial charge in [0.1, 0.15) is 6.10 Å². The Balaban J connectivity index is 2.32. The molecule has 5 heteroatoms. The lowest BCUT2D eigenvalue weighted by Crippen LogP contribution is -2.14. The van der Waals surface area contributed by atoms with Gasteiger partial charge in [-0.15, -0.1) is 0 Å². The molecule has 0 aliphatic carbocycles. The fraction of sp³-hybridized carbons (Fsp3) is 0.538. The van der Waals surface area contributed by atoms with Crippen molar-refractivity contribution in [2.75, 3.05) is 0 Å². The van der Waals surface area contributed by atoms with Crippen molar-refractivity contribution in [3.63, 3.8) is 0 Å². The largest absolute Gasteiger partial charge is 0.380 e. The monoisotopic (exact) mass is 248 g/mol. The maximum Gasteiger partial charge on any atom is 0.137 e. The van der Waals surface area contributed by atoms with Gasteiger partial charge >= 0.3 is 0 Å². The van der Waals surface area contributed by atoms with E-state index in [0.29, 0.717) is 0 Å². The standard InChI is InChI=1S/C13H20N4O/c1-4-7-17-11(5-6-15-17)13(18)12-8-14-9-16(12)10(2)3/h5-6,8-10,13,18H,4,7H2,1-3H3. The molecule has 1 N–H and O–H groups in total. The summed E-state index contributed by atoms with van der Waals surface area (Å²) < 4.78 is 3.83. The molecule has 0 saturated heterocycles. The molecule has 0 bridgehead atoms. The van der Waals surface area contributed by atoms with Crippen LogP contribution in [0, 0.1) is 0 Å². The molecule has 0 aliphatic rings. The Kier molecular flexibility index (Phi) is 3.81. The first-order valence-electron chi connectivity index (χ1n) is 6.36. The minimum Gasteiger partial charge on any atom is -0.380 e. The summed E-state index contributed by atoms with van der Waals surface area (Å²) in [5, 5.41) is 14.7. The lowest BCUT2D eigenvalue weighted by atomic mass is 10.2. The molecule has 5 nitrogen and oxygen atoms in total. The molecule has 0 saturated carbocycles. The van der Waals surface area contributed by atoms with Gasteiger partial charge in [-0.1, -0.05) is 6.92 Å². The van der Waals surface area contributed by atoms with E-state index in [9.17, 15) is 5.11 Å². The third-order valence-electron chi connectivity index (χ3n) is 3.00. The fourth-order valence-electron chi connectivity index (χ4n) is 2.08. The van der Waals surface area contributed by atoms with E-state index < -0.39 is 6.10 Å². The lowest BCUT2D eigenvalue weighted by molar-refractivity contribution is 0.195. The predicted octanol–water partition coefficient (Wildman–Crippen LogP) is 2.15. The molecule has 1 atom stereocenters. The summed E-state index contributed by atoms with van der Waals surface area (Å²) in [6.07, 6.45) is 5.51. The van der Waals surface area contributed by atoms with Gasteiger partial charge in [0.25, 0.3) is 0 Å². The first kappa shape index (κ1) is 12.8. The highest BCUT2D eigenvalue weighted by Crippen LogP contribution is 2.23. The van der Waals surface area contributed by atoms with Crippen LogP contribution in [0.4, 0.5) is 0 Å². The quantitative estimate of drug-likeness (QED) is 0.882. The molecular weight excluding hydrogens is 228 g/mol. The number of aromatic nitrogens is 4. The number of rotatable bonds is 5. The highest BCUT2D eigenvalue weighted by atomic mass is 16.3. The van der Waals surface area contributed by atoms with E-state index in [2.05, 4.69) is 30.9 Å². The molecule has 0 fully saturated rings. The average molecular weight is 248 g/mol. The van der Waals surface area contributed by atoms with E-state index in [4.69, 9.17) is 0 Å². The topological polar surface area (TPSA) is 55.9 Å². The zero-order valence-corrected chi connectivity index (χ0v) is 11.1. The van der Waals surface area contributed by atoms with E-state index in [0.717, 1.165) is 24.4 Å². The van der Waals surface area contributed by atoms with Crippen molar-refractivity contribution < 1.29 is 5.11 Å². The van der Waals surface area contributed by atoms with Crippen molar-refractivity contribution in [1.82, 2.24) is 19.3 Å². The molecular formula is C13H20N4O. The molecule has 1 unspecified atom stereocenters. The Morgan fingerprint density at radius 1 is 1.33 bits per heavy atom. The summed E-state index contributed by atoms with van der Waals surface area (Å²) in [7, 11) is 0. The number of aliphatic hydroxyl groups excluding tert-OH is 1. The van der Waals surface area contributed by atoms with Crippen LogP contribution in [0.1, 0.15) is 50.7 Å². The van der Waals surface area contributed by atoms with Crippen LogP contribution in [0.3, 0.4) is 0 Å².